The lowest BCUT2D eigenvalue weighted by molar-refractivity contribution is 0.0689. The third-order valence-corrected chi connectivity index (χ3v) is 4.90. The van der Waals surface area contributed by atoms with Crippen LogP contribution in [0.4, 0.5) is 4.39 Å². The standard InChI is InChI=1S/C19H18FN3O3/c1-11-9-21(2)18(25)14-15(11)23-8-7-22(19(26)16(23)17(14)24)10-12-3-5-13(20)6-4-12/h3-6,9,24H,7-8,10H2,1-2H3. The Morgan fingerprint density at radius 2 is 1.85 bits per heavy atom. The summed E-state index contributed by atoms with van der Waals surface area (Å²) in [6.07, 6.45) is 1.70. The number of hydrogen-bond acceptors (Lipinski definition) is 3. The molecular formula is C19H18FN3O3. The number of rotatable bonds is 2. The van der Waals surface area contributed by atoms with Crippen molar-refractivity contribution in [2.45, 2.75) is 20.0 Å². The summed E-state index contributed by atoms with van der Waals surface area (Å²) in [4.78, 5) is 27.0. The van der Waals surface area contributed by atoms with Gasteiger partial charge < -0.3 is 19.1 Å². The molecule has 4 rings (SSSR count). The Balaban J connectivity index is 1.80. The zero-order chi connectivity index (χ0) is 18.6. The van der Waals surface area contributed by atoms with Crippen LogP contribution in [0.5, 0.6) is 5.75 Å². The minimum atomic E-state index is -0.337. The fourth-order valence-corrected chi connectivity index (χ4v) is 3.68. The van der Waals surface area contributed by atoms with E-state index in [-0.39, 0.29) is 34.1 Å². The molecule has 134 valence electrons. The molecule has 1 aliphatic rings. The first-order valence-electron chi connectivity index (χ1n) is 8.33. The van der Waals surface area contributed by atoms with E-state index in [4.69, 9.17) is 0 Å². The molecule has 1 aliphatic heterocycles. The second-order valence-electron chi connectivity index (χ2n) is 6.65. The summed E-state index contributed by atoms with van der Waals surface area (Å²) >= 11 is 0. The summed E-state index contributed by atoms with van der Waals surface area (Å²) in [5.41, 5.74) is 2.04. The van der Waals surface area contributed by atoms with Crippen molar-refractivity contribution in [2.24, 2.45) is 7.05 Å². The van der Waals surface area contributed by atoms with Crippen LogP contribution in [-0.2, 0) is 20.1 Å². The Morgan fingerprint density at radius 1 is 1.15 bits per heavy atom. The molecule has 0 spiro atoms. The van der Waals surface area contributed by atoms with Crippen LogP contribution in [0.25, 0.3) is 10.9 Å². The SMILES string of the molecule is Cc1cn(C)c(=O)c2c(O)c3n(c12)CCN(Cc1ccc(F)cc1)C3=O. The van der Waals surface area contributed by atoms with Crippen LogP contribution in [-0.4, -0.2) is 31.6 Å². The van der Waals surface area contributed by atoms with E-state index < -0.39 is 0 Å². The Morgan fingerprint density at radius 3 is 2.54 bits per heavy atom. The van der Waals surface area contributed by atoms with Gasteiger partial charge in [-0.25, -0.2) is 4.39 Å². The number of halogens is 1. The third kappa shape index (κ3) is 2.31. The number of amides is 1. The Labute approximate surface area is 148 Å². The molecule has 1 amide bonds. The number of aromatic nitrogens is 2. The second-order valence-corrected chi connectivity index (χ2v) is 6.65. The highest BCUT2D eigenvalue weighted by Crippen LogP contribution is 2.34. The van der Waals surface area contributed by atoms with Gasteiger partial charge in [-0.2, -0.15) is 0 Å². The molecule has 2 aromatic heterocycles. The minimum absolute atomic E-state index is 0.139. The van der Waals surface area contributed by atoms with Crippen molar-refractivity contribution in [3.8, 4) is 5.75 Å². The molecular weight excluding hydrogens is 337 g/mol. The maximum absolute atomic E-state index is 13.1. The van der Waals surface area contributed by atoms with Crippen molar-refractivity contribution in [3.63, 3.8) is 0 Å². The Hall–Kier alpha value is -3.09. The first kappa shape index (κ1) is 16.4. The Kier molecular flexibility index (Phi) is 3.61. The molecule has 1 N–H and O–H groups in total. The lowest BCUT2D eigenvalue weighted by Gasteiger charge is -2.29. The van der Waals surface area contributed by atoms with Gasteiger partial charge in [-0.3, -0.25) is 9.59 Å². The molecule has 0 atom stereocenters. The number of carbonyl (C=O) groups excluding carboxylic acids is 1. The van der Waals surface area contributed by atoms with Gasteiger partial charge >= 0.3 is 0 Å². The summed E-state index contributed by atoms with van der Waals surface area (Å²) in [6.45, 7) is 3.09. The van der Waals surface area contributed by atoms with E-state index in [2.05, 4.69) is 0 Å². The highest BCUT2D eigenvalue weighted by atomic mass is 19.1. The molecule has 0 saturated heterocycles. The number of aryl methyl sites for hydroxylation is 2. The smallest absolute Gasteiger partial charge is 0.274 e. The van der Waals surface area contributed by atoms with Crippen molar-refractivity contribution in [1.29, 1.82) is 0 Å². The van der Waals surface area contributed by atoms with Gasteiger partial charge in [-0.1, -0.05) is 12.1 Å². The van der Waals surface area contributed by atoms with Crippen molar-refractivity contribution < 1.29 is 14.3 Å². The number of fused-ring (bicyclic) bond motifs is 3. The van der Waals surface area contributed by atoms with Crippen molar-refractivity contribution in [3.05, 3.63) is 63.5 Å². The van der Waals surface area contributed by atoms with Crippen molar-refractivity contribution in [2.75, 3.05) is 6.54 Å². The van der Waals surface area contributed by atoms with E-state index >= 15 is 0 Å². The van der Waals surface area contributed by atoms with Crippen LogP contribution in [0.2, 0.25) is 0 Å². The fourth-order valence-electron chi connectivity index (χ4n) is 3.68. The predicted octanol–water partition coefficient (Wildman–Crippen LogP) is 2.15. The third-order valence-electron chi connectivity index (χ3n) is 4.90. The van der Waals surface area contributed by atoms with Crippen molar-refractivity contribution >= 4 is 16.8 Å². The van der Waals surface area contributed by atoms with Crippen molar-refractivity contribution in [1.82, 2.24) is 14.0 Å². The zero-order valence-electron chi connectivity index (χ0n) is 14.5. The maximum Gasteiger partial charge on any atom is 0.274 e. The van der Waals surface area contributed by atoms with Gasteiger partial charge in [0.2, 0.25) is 0 Å². The summed E-state index contributed by atoms with van der Waals surface area (Å²) in [6, 6.07) is 5.97. The van der Waals surface area contributed by atoms with E-state index in [1.165, 1.54) is 16.7 Å². The largest absolute Gasteiger partial charge is 0.505 e. The molecule has 0 radical (unpaired) electrons. The molecule has 0 aliphatic carbocycles. The zero-order valence-corrected chi connectivity index (χ0v) is 14.5. The lowest BCUT2D eigenvalue weighted by Crippen LogP contribution is -2.39. The first-order chi connectivity index (χ1) is 12.4. The van der Waals surface area contributed by atoms with Gasteiger partial charge in [0.05, 0.1) is 5.52 Å². The van der Waals surface area contributed by atoms with E-state index in [0.717, 1.165) is 11.1 Å². The van der Waals surface area contributed by atoms with E-state index in [1.54, 1.807) is 34.8 Å². The van der Waals surface area contributed by atoms with Crippen LogP contribution < -0.4 is 5.56 Å². The van der Waals surface area contributed by atoms with Crippen LogP contribution in [0.3, 0.4) is 0 Å². The summed E-state index contributed by atoms with van der Waals surface area (Å²) < 4.78 is 16.2. The molecule has 0 fully saturated rings. The molecule has 3 heterocycles. The van der Waals surface area contributed by atoms with Crippen LogP contribution in [0.15, 0.2) is 35.3 Å². The van der Waals surface area contributed by atoms with Gasteiger partial charge in [0.15, 0.2) is 11.4 Å². The lowest BCUT2D eigenvalue weighted by atomic mass is 10.2. The number of hydrogen-bond donors (Lipinski definition) is 1. The average molecular weight is 355 g/mol. The first-order valence-corrected chi connectivity index (χ1v) is 8.33. The maximum atomic E-state index is 13.1. The fraction of sp³-hybridized carbons (Fsp3) is 0.263. The molecule has 3 aromatic rings. The van der Waals surface area contributed by atoms with E-state index in [9.17, 15) is 19.1 Å². The number of benzene rings is 1. The van der Waals surface area contributed by atoms with Gasteiger partial charge in [0.25, 0.3) is 11.5 Å². The summed E-state index contributed by atoms with van der Waals surface area (Å²) in [5, 5.41) is 10.8. The van der Waals surface area contributed by atoms with Gasteiger partial charge in [0, 0.05) is 32.9 Å². The van der Waals surface area contributed by atoms with Gasteiger partial charge in [-0.05, 0) is 30.2 Å². The number of carbonyl (C=O) groups is 1. The summed E-state index contributed by atoms with van der Waals surface area (Å²) in [5.74, 6) is -0.934. The molecule has 0 bridgehead atoms. The quantitative estimate of drug-likeness (QED) is 0.766. The van der Waals surface area contributed by atoms with Crippen LogP contribution >= 0.6 is 0 Å². The monoisotopic (exact) mass is 355 g/mol. The number of pyridine rings is 1. The van der Waals surface area contributed by atoms with Crippen LogP contribution in [0, 0.1) is 12.7 Å². The highest BCUT2D eigenvalue weighted by Gasteiger charge is 2.32. The molecule has 6 nitrogen and oxygen atoms in total. The van der Waals surface area contributed by atoms with Gasteiger partial charge in [0.1, 0.15) is 11.2 Å². The van der Waals surface area contributed by atoms with E-state index in [0.29, 0.717) is 25.2 Å². The topological polar surface area (TPSA) is 67.5 Å². The minimum Gasteiger partial charge on any atom is -0.505 e. The normalized spacial score (nSPS) is 14.1. The Bertz CT molecular complexity index is 1100. The second kappa shape index (κ2) is 5.72. The summed E-state index contributed by atoms with van der Waals surface area (Å²) in [7, 11) is 1.62. The molecule has 7 heteroatoms. The predicted molar refractivity (Wildman–Crippen MR) is 94.7 cm³/mol. The molecule has 0 saturated carbocycles. The molecule has 26 heavy (non-hydrogen) atoms. The van der Waals surface area contributed by atoms with Gasteiger partial charge in [-0.15, -0.1) is 0 Å². The number of nitrogens with zero attached hydrogens (tertiary/aromatic N) is 3. The average Bonchev–Trinajstić information content (AvgIpc) is 2.91. The molecule has 1 aromatic carbocycles. The van der Waals surface area contributed by atoms with Crippen LogP contribution in [0.1, 0.15) is 21.6 Å². The van der Waals surface area contributed by atoms with E-state index in [1.807, 2.05) is 6.92 Å². The highest BCUT2D eigenvalue weighted by molar-refractivity contribution is 6.05. The molecule has 0 unspecified atom stereocenters. The number of aromatic hydroxyl groups is 1.